The molecule has 0 bridgehead atoms. The van der Waals surface area contributed by atoms with Crippen molar-refractivity contribution < 1.29 is 10.1 Å². The van der Waals surface area contributed by atoms with Crippen LogP contribution < -0.4 is 5.32 Å². The molecule has 1 heterocycles. The van der Waals surface area contributed by atoms with Crippen LogP contribution in [0.1, 0.15) is 0 Å². The molecule has 0 aromatic carbocycles. The molecule has 0 aromatic heterocycles. The number of hydrogen-bond acceptors (Lipinski definition) is 1. The van der Waals surface area contributed by atoms with Crippen molar-refractivity contribution in [3.8, 4) is 0 Å². The van der Waals surface area contributed by atoms with Crippen LogP contribution in [0.25, 0.3) is 0 Å². The Morgan fingerprint density at radius 3 is 2.60 bits per heavy atom. The fourth-order valence-electron chi connectivity index (χ4n) is 1.08. The van der Waals surface area contributed by atoms with Crippen molar-refractivity contribution in [3.63, 3.8) is 0 Å². The number of rotatable bonds is 1. The summed E-state index contributed by atoms with van der Waals surface area (Å²) in [4.78, 5) is 12.8. The second-order valence-corrected chi connectivity index (χ2v) is 2.65. The van der Waals surface area contributed by atoms with Gasteiger partial charge in [-0.05, 0) is 0 Å². The third-order valence-corrected chi connectivity index (χ3v) is 1.90. The van der Waals surface area contributed by atoms with Crippen molar-refractivity contribution in [2.75, 3.05) is 32.1 Å². The van der Waals surface area contributed by atoms with Crippen LogP contribution in [0.4, 0.5) is 0 Å². The Kier molecular flexibility index (Phi) is 2.96. The average molecular weight is 164 g/mol. The van der Waals surface area contributed by atoms with Crippen LogP contribution in [-0.2, 0) is 4.79 Å². The molecule has 0 saturated carbocycles. The van der Waals surface area contributed by atoms with E-state index < -0.39 is 0 Å². The van der Waals surface area contributed by atoms with E-state index >= 15 is 0 Å². The second kappa shape index (κ2) is 3.78. The van der Waals surface area contributed by atoms with Crippen LogP contribution >= 0.6 is 11.6 Å². The van der Waals surface area contributed by atoms with Crippen LogP contribution in [0.15, 0.2) is 0 Å². The standard InChI is InChI=1S/C6H11ClN2O/c7-5-6(10)9-3-1-8-2-4-9/h8H,1-5H2/p+1. The molecule has 0 atom stereocenters. The average Bonchev–Trinajstić information content (AvgIpc) is 2.05. The highest BCUT2D eigenvalue weighted by Crippen LogP contribution is 1.91. The fraction of sp³-hybridized carbons (Fsp3) is 0.833. The first-order valence-corrected chi connectivity index (χ1v) is 4.03. The van der Waals surface area contributed by atoms with Gasteiger partial charge < -0.3 is 10.2 Å². The first-order valence-electron chi connectivity index (χ1n) is 3.50. The highest BCUT2D eigenvalue weighted by atomic mass is 35.5. The molecule has 1 aliphatic rings. The number of carbonyl (C=O) groups excluding carboxylic acids is 1. The van der Waals surface area contributed by atoms with E-state index in [1.54, 1.807) is 0 Å². The number of nitrogens with zero attached hydrogens (tertiary/aromatic N) is 1. The Labute approximate surface area is 65.3 Å². The minimum Gasteiger partial charge on any atom is -0.343 e. The van der Waals surface area contributed by atoms with Crippen molar-refractivity contribution in [1.29, 1.82) is 0 Å². The number of alkyl halides is 1. The lowest BCUT2D eigenvalue weighted by Gasteiger charge is -2.24. The zero-order chi connectivity index (χ0) is 7.40. The Balaban J connectivity index is 2.31. The maximum Gasteiger partial charge on any atom is 0.237 e. The van der Waals surface area contributed by atoms with Crippen LogP contribution in [0.5, 0.6) is 0 Å². The Hall–Kier alpha value is -0.280. The van der Waals surface area contributed by atoms with Crippen LogP contribution in [0.2, 0.25) is 0 Å². The van der Waals surface area contributed by atoms with Crippen LogP contribution in [0.3, 0.4) is 0 Å². The number of hydrogen-bond donors (Lipinski definition) is 1. The third kappa shape index (κ3) is 1.85. The zero-order valence-corrected chi connectivity index (χ0v) is 6.60. The van der Waals surface area contributed by atoms with Gasteiger partial charge in [0.2, 0.25) is 5.91 Å². The summed E-state index contributed by atoms with van der Waals surface area (Å²) in [6.07, 6.45) is 0. The van der Waals surface area contributed by atoms with E-state index in [9.17, 15) is 4.79 Å². The van der Waals surface area contributed by atoms with E-state index in [0.29, 0.717) is 0 Å². The van der Waals surface area contributed by atoms with E-state index in [1.807, 2.05) is 4.90 Å². The molecule has 10 heavy (non-hydrogen) atoms. The number of carbonyl (C=O) groups is 1. The van der Waals surface area contributed by atoms with Gasteiger partial charge in [0.1, 0.15) is 5.88 Å². The first kappa shape index (κ1) is 7.82. The number of piperazine rings is 1. The van der Waals surface area contributed by atoms with Gasteiger partial charge in [0.05, 0.1) is 26.2 Å². The maximum atomic E-state index is 10.9. The largest absolute Gasteiger partial charge is 0.343 e. The smallest absolute Gasteiger partial charge is 0.237 e. The predicted octanol–water partition coefficient (Wildman–Crippen LogP) is -1.37. The van der Waals surface area contributed by atoms with Gasteiger partial charge in [0, 0.05) is 0 Å². The van der Waals surface area contributed by atoms with Gasteiger partial charge in [-0.2, -0.15) is 0 Å². The van der Waals surface area contributed by atoms with Gasteiger partial charge in [-0.1, -0.05) is 0 Å². The monoisotopic (exact) mass is 163 g/mol. The van der Waals surface area contributed by atoms with Crippen LogP contribution in [-0.4, -0.2) is 42.9 Å². The Morgan fingerprint density at radius 2 is 2.10 bits per heavy atom. The fourth-order valence-corrected chi connectivity index (χ4v) is 1.25. The molecule has 1 fully saturated rings. The lowest BCUT2D eigenvalue weighted by Crippen LogP contribution is -2.89. The summed E-state index contributed by atoms with van der Waals surface area (Å²) in [6.45, 7) is 3.74. The molecule has 2 N–H and O–H groups in total. The summed E-state index contributed by atoms with van der Waals surface area (Å²) in [5.41, 5.74) is 0. The molecular formula is C6H12ClN2O+. The van der Waals surface area contributed by atoms with Gasteiger partial charge in [-0.3, -0.25) is 4.79 Å². The number of amides is 1. The zero-order valence-electron chi connectivity index (χ0n) is 5.85. The van der Waals surface area contributed by atoms with Gasteiger partial charge in [0.25, 0.3) is 0 Å². The number of halogens is 1. The molecular weight excluding hydrogens is 152 g/mol. The van der Waals surface area contributed by atoms with Gasteiger partial charge >= 0.3 is 0 Å². The van der Waals surface area contributed by atoms with Crippen molar-refractivity contribution in [2.24, 2.45) is 0 Å². The molecule has 1 amide bonds. The van der Waals surface area contributed by atoms with Crippen LogP contribution in [0, 0.1) is 0 Å². The van der Waals surface area contributed by atoms with E-state index in [1.165, 1.54) is 0 Å². The maximum absolute atomic E-state index is 10.9. The molecule has 3 nitrogen and oxygen atoms in total. The highest BCUT2D eigenvalue weighted by molar-refractivity contribution is 6.27. The summed E-state index contributed by atoms with van der Waals surface area (Å²) in [5, 5.41) is 2.21. The lowest BCUT2D eigenvalue weighted by molar-refractivity contribution is -0.662. The van der Waals surface area contributed by atoms with Crippen molar-refractivity contribution in [3.05, 3.63) is 0 Å². The predicted molar refractivity (Wildman–Crippen MR) is 39.0 cm³/mol. The number of quaternary nitrogens is 1. The Morgan fingerprint density at radius 1 is 1.50 bits per heavy atom. The summed E-state index contributed by atoms with van der Waals surface area (Å²) in [5.74, 6) is 0.190. The molecule has 1 rings (SSSR count). The lowest BCUT2D eigenvalue weighted by atomic mass is 10.3. The summed E-state index contributed by atoms with van der Waals surface area (Å²) in [7, 11) is 0. The Bertz CT molecular complexity index is 123. The van der Waals surface area contributed by atoms with Crippen molar-refractivity contribution in [2.45, 2.75) is 0 Å². The molecule has 1 aliphatic heterocycles. The molecule has 0 aromatic rings. The van der Waals surface area contributed by atoms with E-state index in [2.05, 4.69) is 5.32 Å². The summed E-state index contributed by atoms with van der Waals surface area (Å²) in [6, 6.07) is 0. The van der Waals surface area contributed by atoms with Crippen molar-refractivity contribution in [1.82, 2.24) is 4.90 Å². The summed E-state index contributed by atoms with van der Waals surface area (Å²) >= 11 is 5.38. The van der Waals surface area contributed by atoms with Crippen molar-refractivity contribution >= 4 is 17.5 Å². The topological polar surface area (TPSA) is 36.9 Å². The first-order chi connectivity index (χ1) is 4.84. The van der Waals surface area contributed by atoms with Gasteiger partial charge in [-0.15, -0.1) is 11.6 Å². The molecule has 0 aliphatic carbocycles. The molecule has 0 radical (unpaired) electrons. The molecule has 58 valence electrons. The number of nitrogens with two attached hydrogens (primary N) is 1. The quantitative estimate of drug-likeness (QED) is 0.476. The van der Waals surface area contributed by atoms with E-state index in [-0.39, 0.29) is 11.8 Å². The van der Waals surface area contributed by atoms with Gasteiger partial charge in [-0.25, -0.2) is 0 Å². The molecule has 0 spiro atoms. The van der Waals surface area contributed by atoms with Gasteiger partial charge in [0.15, 0.2) is 0 Å². The summed E-state index contributed by atoms with van der Waals surface area (Å²) < 4.78 is 0. The second-order valence-electron chi connectivity index (χ2n) is 2.38. The molecule has 1 saturated heterocycles. The normalized spacial score (nSPS) is 19.1. The minimum absolute atomic E-state index is 0.0646. The van der Waals surface area contributed by atoms with E-state index in [4.69, 9.17) is 11.6 Å². The molecule has 4 heteroatoms. The minimum atomic E-state index is 0.0646. The SMILES string of the molecule is O=C(CCl)N1CC[NH2+]CC1. The highest BCUT2D eigenvalue weighted by Gasteiger charge is 2.16. The third-order valence-electron chi connectivity index (χ3n) is 1.67. The van der Waals surface area contributed by atoms with E-state index in [0.717, 1.165) is 26.2 Å². The molecule has 0 unspecified atom stereocenters.